The molecule has 0 aliphatic heterocycles. The van der Waals surface area contributed by atoms with Crippen LogP contribution in [0.15, 0.2) is 66.2 Å². The zero-order valence-corrected chi connectivity index (χ0v) is 21.7. The van der Waals surface area contributed by atoms with Gasteiger partial charge in [0.1, 0.15) is 5.75 Å². The number of rotatable bonds is 12. The molecule has 0 spiro atoms. The van der Waals surface area contributed by atoms with Crippen molar-refractivity contribution in [1.82, 2.24) is 0 Å². The molecule has 3 rings (SSSR count). The number of nitrogen functional groups attached to an aromatic ring is 2. The topological polar surface area (TPSA) is 134 Å². The van der Waals surface area contributed by atoms with Gasteiger partial charge in [-0.15, -0.1) is 0 Å². The number of carboxylic acid groups (broad SMARTS) is 1. The maximum atomic E-state index is 12.6. The molecule has 212 valence electrons. The van der Waals surface area contributed by atoms with Crippen molar-refractivity contribution < 1.29 is 42.1 Å². The van der Waals surface area contributed by atoms with E-state index >= 15 is 0 Å². The summed E-state index contributed by atoms with van der Waals surface area (Å²) in [6.07, 6.45) is -3.23. The van der Waals surface area contributed by atoms with E-state index in [4.69, 9.17) is 25.7 Å². The lowest BCUT2D eigenvalue weighted by atomic mass is 10.0. The second-order valence-electron chi connectivity index (χ2n) is 8.87. The summed E-state index contributed by atoms with van der Waals surface area (Å²) in [5, 5.41) is 9.62. The fraction of sp³-hybridized carbons (Fsp3) is 0.241. The number of halogens is 3. The third-order valence-electron chi connectivity index (χ3n) is 5.69. The Morgan fingerprint density at radius 1 is 0.950 bits per heavy atom. The SMILES string of the molecule is COc1cc(C(=O)Oc2ccc(C=C(CCc3cc(N)cc(N)c3)C(=O)O)cc2)ccc1OCCCC(F)(F)F. The fourth-order valence-electron chi connectivity index (χ4n) is 3.78. The van der Waals surface area contributed by atoms with Crippen LogP contribution in [0.3, 0.4) is 0 Å². The Morgan fingerprint density at radius 3 is 2.23 bits per heavy atom. The number of alkyl halides is 3. The first kappa shape index (κ1) is 29.9. The number of esters is 1. The minimum Gasteiger partial charge on any atom is -0.493 e. The number of hydrogen-bond donors (Lipinski definition) is 3. The molecular formula is C29H29F3N2O6. The van der Waals surface area contributed by atoms with Crippen molar-refractivity contribution in [2.45, 2.75) is 31.9 Å². The number of ether oxygens (including phenoxy) is 3. The average Bonchev–Trinajstić information content (AvgIpc) is 2.88. The molecule has 0 aliphatic rings. The Bertz CT molecular complexity index is 1350. The van der Waals surface area contributed by atoms with E-state index in [1.165, 1.54) is 43.5 Å². The number of aliphatic carboxylic acids is 1. The molecule has 0 saturated heterocycles. The van der Waals surface area contributed by atoms with Crippen LogP contribution in [0, 0.1) is 0 Å². The second kappa shape index (κ2) is 13.4. The molecule has 11 heteroatoms. The van der Waals surface area contributed by atoms with E-state index in [0.29, 0.717) is 23.4 Å². The van der Waals surface area contributed by atoms with E-state index in [1.807, 2.05) is 0 Å². The molecule has 3 aromatic carbocycles. The van der Waals surface area contributed by atoms with Gasteiger partial charge >= 0.3 is 18.1 Å². The van der Waals surface area contributed by atoms with Crippen molar-refractivity contribution in [2.24, 2.45) is 0 Å². The van der Waals surface area contributed by atoms with Gasteiger partial charge in [-0.05, 0) is 85.0 Å². The lowest BCUT2D eigenvalue weighted by molar-refractivity contribution is -0.136. The second-order valence-corrected chi connectivity index (χ2v) is 8.87. The molecule has 5 N–H and O–H groups in total. The molecule has 40 heavy (non-hydrogen) atoms. The van der Waals surface area contributed by atoms with Crippen LogP contribution >= 0.6 is 0 Å². The smallest absolute Gasteiger partial charge is 0.389 e. The van der Waals surface area contributed by atoms with Crippen molar-refractivity contribution >= 4 is 29.4 Å². The molecule has 0 bridgehead atoms. The number of nitrogens with two attached hydrogens (primary N) is 2. The predicted molar refractivity (Wildman–Crippen MR) is 144 cm³/mol. The Kier molecular flexibility index (Phi) is 10.0. The number of hydrogen-bond acceptors (Lipinski definition) is 7. The van der Waals surface area contributed by atoms with Gasteiger partial charge in [-0.1, -0.05) is 12.1 Å². The monoisotopic (exact) mass is 558 g/mol. The van der Waals surface area contributed by atoms with Gasteiger partial charge in [-0.3, -0.25) is 0 Å². The summed E-state index contributed by atoms with van der Waals surface area (Å²) >= 11 is 0. The molecule has 0 heterocycles. The number of benzene rings is 3. The summed E-state index contributed by atoms with van der Waals surface area (Å²) in [6.45, 7) is -0.167. The van der Waals surface area contributed by atoms with Gasteiger partial charge in [0.25, 0.3) is 0 Å². The fourth-order valence-corrected chi connectivity index (χ4v) is 3.78. The molecular weight excluding hydrogens is 529 g/mol. The molecule has 0 saturated carbocycles. The summed E-state index contributed by atoms with van der Waals surface area (Å²) < 4.78 is 52.9. The van der Waals surface area contributed by atoms with Crippen molar-refractivity contribution in [3.63, 3.8) is 0 Å². The van der Waals surface area contributed by atoms with Gasteiger partial charge in [-0.2, -0.15) is 13.2 Å². The van der Waals surface area contributed by atoms with Gasteiger partial charge in [0.15, 0.2) is 11.5 Å². The molecule has 0 unspecified atom stereocenters. The first-order valence-corrected chi connectivity index (χ1v) is 12.2. The maximum absolute atomic E-state index is 12.6. The van der Waals surface area contributed by atoms with Gasteiger partial charge < -0.3 is 30.8 Å². The van der Waals surface area contributed by atoms with Gasteiger partial charge in [0.2, 0.25) is 0 Å². The third kappa shape index (κ3) is 9.26. The molecule has 0 aromatic heterocycles. The lowest BCUT2D eigenvalue weighted by Crippen LogP contribution is -2.11. The largest absolute Gasteiger partial charge is 0.493 e. The standard InChI is InChI=1S/C29H29F3N2O6/c1-38-26-16-21(7-10-25(26)39-12-2-11-29(30,31)32)28(37)40-24-8-4-18(5-9-24)13-20(27(35)36)6-3-19-14-22(33)17-23(34)15-19/h4-5,7-10,13-17H,2-3,6,11-12,33-34H2,1H3,(H,35,36). The Labute approximate surface area is 229 Å². The quantitative estimate of drug-likeness (QED) is 0.0822. The van der Waals surface area contributed by atoms with Crippen LogP contribution in [-0.4, -0.2) is 36.9 Å². The van der Waals surface area contributed by atoms with Crippen LogP contribution in [0.1, 0.15) is 40.7 Å². The lowest BCUT2D eigenvalue weighted by Gasteiger charge is -2.13. The molecule has 0 aliphatic carbocycles. The Balaban J connectivity index is 1.62. The van der Waals surface area contributed by atoms with E-state index in [2.05, 4.69) is 0 Å². The van der Waals surface area contributed by atoms with E-state index in [-0.39, 0.29) is 47.8 Å². The molecule has 0 radical (unpaired) electrons. The first-order chi connectivity index (χ1) is 18.9. The van der Waals surface area contributed by atoms with Crippen LogP contribution in [0.4, 0.5) is 24.5 Å². The van der Waals surface area contributed by atoms with E-state index in [0.717, 1.165) is 5.56 Å². The van der Waals surface area contributed by atoms with Gasteiger partial charge in [0, 0.05) is 23.4 Å². The van der Waals surface area contributed by atoms with Crippen molar-refractivity contribution in [1.29, 1.82) is 0 Å². The summed E-state index contributed by atoms with van der Waals surface area (Å²) in [6, 6.07) is 15.6. The van der Waals surface area contributed by atoms with Crippen LogP contribution in [-0.2, 0) is 11.2 Å². The number of carbonyl (C=O) groups excluding carboxylic acids is 1. The average molecular weight is 559 g/mol. The van der Waals surface area contributed by atoms with Crippen molar-refractivity contribution in [2.75, 3.05) is 25.2 Å². The number of carbonyl (C=O) groups is 2. The Hall–Kier alpha value is -4.67. The molecule has 0 fully saturated rings. The molecule has 3 aromatic rings. The molecule has 8 nitrogen and oxygen atoms in total. The van der Waals surface area contributed by atoms with Gasteiger partial charge in [-0.25, -0.2) is 9.59 Å². The molecule has 0 atom stereocenters. The van der Waals surface area contributed by atoms with E-state index < -0.39 is 24.5 Å². The van der Waals surface area contributed by atoms with Crippen LogP contribution in [0.25, 0.3) is 6.08 Å². The van der Waals surface area contributed by atoms with E-state index in [1.54, 1.807) is 30.3 Å². The van der Waals surface area contributed by atoms with E-state index in [9.17, 15) is 27.9 Å². The highest BCUT2D eigenvalue weighted by molar-refractivity contribution is 5.93. The summed E-state index contributed by atoms with van der Waals surface area (Å²) in [7, 11) is 1.34. The predicted octanol–water partition coefficient (Wildman–Crippen LogP) is 5.90. The highest BCUT2D eigenvalue weighted by Gasteiger charge is 2.26. The van der Waals surface area contributed by atoms with Crippen molar-refractivity contribution in [3.05, 3.63) is 82.9 Å². The number of methoxy groups -OCH3 is 1. The Morgan fingerprint density at radius 2 is 1.62 bits per heavy atom. The summed E-state index contributed by atoms with van der Waals surface area (Å²) in [5.41, 5.74) is 14.3. The third-order valence-corrected chi connectivity index (χ3v) is 5.69. The number of anilines is 2. The maximum Gasteiger partial charge on any atom is 0.389 e. The zero-order valence-electron chi connectivity index (χ0n) is 21.7. The van der Waals surface area contributed by atoms with Gasteiger partial charge in [0.05, 0.1) is 19.3 Å². The highest BCUT2D eigenvalue weighted by Crippen LogP contribution is 2.30. The number of aryl methyl sites for hydroxylation is 1. The zero-order chi connectivity index (χ0) is 29.3. The normalized spacial score (nSPS) is 11.7. The van der Waals surface area contributed by atoms with Crippen LogP contribution in [0.5, 0.6) is 17.2 Å². The summed E-state index contributed by atoms with van der Waals surface area (Å²) in [5.74, 6) is -1.16. The first-order valence-electron chi connectivity index (χ1n) is 12.2. The number of carboxylic acids is 1. The van der Waals surface area contributed by atoms with Crippen LogP contribution < -0.4 is 25.7 Å². The van der Waals surface area contributed by atoms with Crippen molar-refractivity contribution in [3.8, 4) is 17.2 Å². The highest BCUT2D eigenvalue weighted by atomic mass is 19.4. The molecule has 0 amide bonds. The van der Waals surface area contributed by atoms with Crippen LogP contribution in [0.2, 0.25) is 0 Å². The minimum absolute atomic E-state index is 0.138. The minimum atomic E-state index is -4.26. The summed E-state index contributed by atoms with van der Waals surface area (Å²) in [4.78, 5) is 24.4.